The van der Waals surface area contributed by atoms with Crippen molar-refractivity contribution in [3.63, 3.8) is 0 Å². The lowest BCUT2D eigenvalue weighted by Gasteiger charge is -2.16. The number of nitrogens with zero attached hydrogens (tertiary/aromatic N) is 1. The molecule has 0 saturated carbocycles. The van der Waals surface area contributed by atoms with Gasteiger partial charge in [0.25, 0.3) is 0 Å². The fourth-order valence-electron chi connectivity index (χ4n) is 2.81. The summed E-state index contributed by atoms with van der Waals surface area (Å²) in [6.07, 6.45) is 3.64. The van der Waals surface area contributed by atoms with Crippen LogP contribution in [0, 0.1) is 0 Å². The second-order valence-electron chi connectivity index (χ2n) is 5.98. The quantitative estimate of drug-likeness (QED) is 0.615. The SMILES string of the molecule is COc1ccc(C2=N/C(=C/C3=Cc4ccc(OC)cc4OC3)C(=O)O2)cc1. The van der Waals surface area contributed by atoms with Crippen molar-refractivity contribution >= 4 is 17.9 Å². The van der Waals surface area contributed by atoms with Gasteiger partial charge < -0.3 is 18.9 Å². The number of benzene rings is 2. The van der Waals surface area contributed by atoms with Gasteiger partial charge in [0.1, 0.15) is 23.9 Å². The van der Waals surface area contributed by atoms with Crippen molar-refractivity contribution in [2.75, 3.05) is 20.8 Å². The Morgan fingerprint density at radius 1 is 1.04 bits per heavy atom. The van der Waals surface area contributed by atoms with Crippen LogP contribution in [0.15, 0.2) is 64.8 Å². The van der Waals surface area contributed by atoms with E-state index in [1.165, 1.54) is 0 Å². The Morgan fingerprint density at radius 3 is 2.52 bits per heavy atom. The van der Waals surface area contributed by atoms with E-state index in [-0.39, 0.29) is 11.6 Å². The molecule has 2 heterocycles. The summed E-state index contributed by atoms with van der Waals surface area (Å²) in [5, 5.41) is 0. The molecule has 2 aromatic carbocycles. The predicted octanol–water partition coefficient (Wildman–Crippen LogP) is 3.37. The molecule has 0 radical (unpaired) electrons. The summed E-state index contributed by atoms with van der Waals surface area (Å²) in [6, 6.07) is 12.8. The normalized spacial score (nSPS) is 16.8. The van der Waals surface area contributed by atoms with E-state index < -0.39 is 5.97 Å². The van der Waals surface area contributed by atoms with Crippen LogP contribution >= 0.6 is 0 Å². The van der Waals surface area contributed by atoms with E-state index >= 15 is 0 Å². The molecule has 0 unspecified atom stereocenters. The van der Waals surface area contributed by atoms with Crippen molar-refractivity contribution in [3.8, 4) is 17.2 Å². The summed E-state index contributed by atoms with van der Waals surface area (Å²) in [5.74, 6) is 1.99. The maximum atomic E-state index is 12.2. The van der Waals surface area contributed by atoms with Gasteiger partial charge in [-0.1, -0.05) is 0 Å². The summed E-state index contributed by atoms with van der Waals surface area (Å²) >= 11 is 0. The van der Waals surface area contributed by atoms with E-state index in [2.05, 4.69) is 4.99 Å². The van der Waals surface area contributed by atoms with Crippen molar-refractivity contribution < 1.29 is 23.7 Å². The van der Waals surface area contributed by atoms with Gasteiger partial charge in [-0.3, -0.25) is 0 Å². The van der Waals surface area contributed by atoms with Gasteiger partial charge in [-0.05, 0) is 54.1 Å². The number of carbonyl (C=O) groups excluding carboxylic acids is 1. The van der Waals surface area contributed by atoms with Gasteiger partial charge in [-0.15, -0.1) is 0 Å². The zero-order valence-corrected chi connectivity index (χ0v) is 14.9. The van der Waals surface area contributed by atoms with Gasteiger partial charge in [0.15, 0.2) is 5.70 Å². The Hall–Kier alpha value is -3.54. The Labute approximate surface area is 156 Å². The smallest absolute Gasteiger partial charge is 0.363 e. The number of methoxy groups -OCH3 is 2. The molecule has 6 nitrogen and oxygen atoms in total. The molecule has 4 rings (SSSR count). The molecule has 6 heteroatoms. The fraction of sp³-hybridized carbons (Fsp3) is 0.143. The number of hydrogen-bond acceptors (Lipinski definition) is 6. The number of esters is 1. The third-order valence-electron chi connectivity index (χ3n) is 4.24. The first-order valence-corrected chi connectivity index (χ1v) is 8.34. The predicted molar refractivity (Wildman–Crippen MR) is 100 cm³/mol. The maximum absolute atomic E-state index is 12.2. The van der Waals surface area contributed by atoms with Crippen LogP contribution in [0.4, 0.5) is 0 Å². The van der Waals surface area contributed by atoms with Gasteiger partial charge in [-0.25, -0.2) is 9.79 Å². The average molecular weight is 363 g/mol. The molecule has 0 bridgehead atoms. The molecule has 0 atom stereocenters. The van der Waals surface area contributed by atoms with Gasteiger partial charge >= 0.3 is 5.97 Å². The molecule has 0 saturated heterocycles. The third-order valence-corrected chi connectivity index (χ3v) is 4.24. The first-order chi connectivity index (χ1) is 13.2. The maximum Gasteiger partial charge on any atom is 0.363 e. The fourth-order valence-corrected chi connectivity index (χ4v) is 2.81. The van der Waals surface area contributed by atoms with Crippen LogP contribution in [0.1, 0.15) is 11.1 Å². The molecule has 136 valence electrons. The minimum atomic E-state index is -0.484. The molecule has 2 aliphatic rings. The molecule has 0 amide bonds. The minimum Gasteiger partial charge on any atom is -0.497 e. The minimum absolute atomic E-state index is 0.243. The summed E-state index contributed by atoms with van der Waals surface area (Å²) < 4.78 is 21.4. The molecule has 0 fully saturated rings. The first-order valence-electron chi connectivity index (χ1n) is 8.34. The number of fused-ring (bicyclic) bond motifs is 1. The highest BCUT2D eigenvalue weighted by Gasteiger charge is 2.25. The Bertz CT molecular complexity index is 986. The molecule has 0 N–H and O–H groups in total. The van der Waals surface area contributed by atoms with Crippen molar-refractivity contribution in [1.82, 2.24) is 0 Å². The van der Waals surface area contributed by atoms with Gasteiger partial charge in [0.2, 0.25) is 5.90 Å². The molecule has 2 aromatic rings. The van der Waals surface area contributed by atoms with Crippen LogP contribution in [0.25, 0.3) is 6.08 Å². The van der Waals surface area contributed by atoms with E-state index in [4.69, 9.17) is 18.9 Å². The highest BCUT2D eigenvalue weighted by molar-refractivity contribution is 6.11. The second kappa shape index (κ2) is 6.99. The number of aliphatic imine (C=N–C) groups is 1. The zero-order chi connectivity index (χ0) is 18.8. The summed E-state index contributed by atoms with van der Waals surface area (Å²) in [7, 11) is 3.21. The summed E-state index contributed by atoms with van der Waals surface area (Å²) in [6.45, 7) is 0.338. The van der Waals surface area contributed by atoms with E-state index in [0.29, 0.717) is 12.2 Å². The van der Waals surface area contributed by atoms with Gasteiger partial charge in [0.05, 0.1) is 14.2 Å². The topological polar surface area (TPSA) is 66.3 Å². The highest BCUT2D eigenvalue weighted by Crippen LogP contribution is 2.31. The molecule has 27 heavy (non-hydrogen) atoms. The molecule has 0 aromatic heterocycles. The largest absolute Gasteiger partial charge is 0.497 e. The molecule has 0 aliphatic carbocycles. The lowest BCUT2D eigenvalue weighted by molar-refractivity contribution is -0.130. The summed E-state index contributed by atoms with van der Waals surface area (Å²) in [5.41, 5.74) is 2.70. The lowest BCUT2D eigenvalue weighted by atomic mass is 10.1. The van der Waals surface area contributed by atoms with Crippen LogP contribution in [0.2, 0.25) is 0 Å². The van der Waals surface area contributed by atoms with Crippen LogP contribution in [0.5, 0.6) is 17.2 Å². The summed E-state index contributed by atoms with van der Waals surface area (Å²) in [4.78, 5) is 16.5. The Kier molecular flexibility index (Phi) is 4.38. The monoisotopic (exact) mass is 363 g/mol. The lowest BCUT2D eigenvalue weighted by Crippen LogP contribution is -2.08. The number of ether oxygens (including phenoxy) is 4. The van der Waals surface area contributed by atoms with Crippen molar-refractivity contribution in [3.05, 3.63) is 70.9 Å². The van der Waals surface area contributed by atoms with E-state index in [0.717, 1.165) is 28.4 Å². The van der Waals surface area contributed by atoms with Crippen LogP contribution in [-0.4, -0.2) is 32.7 Å². The Morgan fingerprint density at radius 2 is 1.78 bits per heavy atom. The van der Waals surface area contributed by atoms with Crippen LogP contribution < -0.4 is 14.2 Å². The van der Waals surface area contributed by atoms with Gasteiger partial charge in [0, 0.05) is 17.2 Å². The van der Waals surface area contributed by atoms with Crippen LogP contribution in [-0.2, 0) is 9.53 Å². The molecule has 0 spiro atoms. The van der Waals surface area contributed by atoms with Crippen molar-refractivity contribution in [2.24, 2.45) is 4.99 Å². The van der Waals surface area contributed by atoms with Gasteiger partial charge in [-0.2, -0.15) is 0 Å². The van der Waals surface area contributed by atoms with E-state index in [1.807, 2.05) is 24.3 Å². The first kappa shape index (κ1) is 16.9. The number of carbonyl (C=O) groups is 1. The number of hydrogen-bond donors (Lipinski definition) is 0. The number of rotatable bonds is 4. The molecule has 2 aliphatic heterocycles. The molecular formula is C21H17NO5. The zero-order valence-electron chi connectivity index (χ0n) is 14.9. The van der Waals surface area contributed by atoms with Crippen molar-refractivity contribution in [2.45, 2.75) is 0 Å². The van der Waals surface area contributed by atoms with E-state index in [9.17, 15) is 4.79 Å². The Balaban J connectivity index is 1.60. The highest BCUT2D eigenvalue weighted by atomic mass is 16.6. The van der Waals surface area contributed by atoms with Crippen LogP contribution in [0.3, 0.4) is 0 Å². The van der Waals surface area contributed by atoms with E-state index in [1.54, 1.807) is 44.6 Å². The van der Waals surface area contributed by atoms with Crippen molar-refractivity contribution in [1.29, 1.82) is 0 Å². The second-order valence-corrected chi connectivity index (χ2v) is 5.98. The third kappa shape index (κ3) is 3.42. The number of cyclic esters (lactones) is 1. The standard InChI is InChI=1S/C21H17NO5/c1-24-16-6-3-14(4-7-16)20-22-18(21(23)27-20)10-13-9-15-5-8-17(25-2)11-19(15)26-12-13/h3-11H,12H2,1-2H3/b18-10+. The average Bonchev–Trinajstić information content (AvgIpc) is 3.08. The molecular weight excluding hydrogens is 346 g/mol.